The molecule has 0 aliphatic rings. The van der Waals surface area contributed by atoms with Crippen LogP contribution >= 0.6 is 0 Å². The van der Waals surface area contributed by atoms with Gasteiger partial charge >= 0.3 is 6.18 Å². The summed E-state index contributed by atoms with van der Waals surface area (Å²) in [7, 11) is -4.31. The summed E-state index contributed by atoms with van der Waals surface area (Å²) in [5, 5.41) is 2.63. The normalized spacial score (nSPS) is 14.4. The average molecular weight is 401 g/mol. The molecule has 1 aromatic carbocycles. The van der Waals surface area contributed by atoms with Crippen molar-refractivity contribution in [3.63, 3.8) is 0 Å². The Balaban J connectivity index is 2.09. The maximum Gasteiger partial charge on any atom is 0.416 e. The molecule has 2 unspecified atom stereocenters. The van der Waals surface area contributed by atoms with Crippen LogP contribution in [0, 0.1) is 0 Å². The van der Waals surface area contributed by atoms with E-state index in [0.29, 0.717) is 6.07 Å². The van der Waals surface area contributed by atoms with Gasteiger partial charge in [0, 0.05) is 12.4 Å². The molecule has 2 N–H and O–H groups in total. The molecule has 0 saturated heterocycles. The Bertz CT molecular complexity index is 902. The second-order valence-electron chi connectivity index (χ2n) is 5.88. The topological polar surface area (TPSA) is 88.2 Å². The summed E-state index contributed by atoms with van der Waals surface area (Å²) in [6.07, 6.45) is -1.57. The van der Waals surface area contributed by atoms with Crippen molar-refractivity contribution in [3.8, 4) is 0 Å². The number of hydrogen-bond acceptors (Lipinski definition) is 4. The first-order valence-corrected chi connectivity index (χ1v) is 9.39. The van der Waals surface area contributed by atoms with E-state index < -0.39 is 44.6 Å². The van der Waals surface area contributed by atoms with E-state index in [1.54, 1.807) is 31.5 Å². The molecule has 2 rings (SSSR count). The molecule has 0 saturated carbocycles. The Hall–Kier alpha value is -2.46. The van der Waals surface area contributed by atoms with Crippen LogP contribution < -0.4 is 10.0 Å². The number of sulfonamides is 1. The van der Waals surface area contributed by atoms with E-state index in [9.17, 15) is 26.4 Å². The van der Waals surface area contributed by atoms with Crippen molar-refractivity contribution in [2.45, 2.75) is 37.0 Å². The van der Waals surface area contributed by atoms with Crippen LogP contribution in [0.15, 0.2) is 53.7 Å². The number of halogens is 3. The van der Waals surface area contributed by atoms with Crippen LogP contribution in [-0.4, -0.2) is 25.4 Å². The number of nitrogens with zero attached hydrogens (tertiary/aromatic N) is 1. The first-order valence-electron chi connectivity index (χ1n) is 7.90. The van der Waals surface area contributed by atoms with Crippen LogP contribution in [0.2, 0.25) is 0 Å². The zero-order valence-corrected chi connectivity index (χ0v) is 15.3. The summed E-state index contributed by atoms with van der Waals surface area (Å²) in [5.74, 6) is -0.616. The zero-order chi connectivity index (χ0) is 20.2. The van der Waals surface area contributed by atoms with Gasteiger partial charge in [-0.25, -0.2) is 8.42 Å². The van der Waals surface area contributed by atoms with Crippen LogP contribution in [0.1, 0.15) is 31.0 Å². The standard InChI is InChI=1S/C17H18F3N3O3S/c1-11(13-6-8-21-9-7-13)22-16(24)12(2)23-27(25,26)15-5-3-4-14(10-15)17(18,19)20/h3-12,23H,1-2H3,(H,22,24). The number of hydrogen-bond donors (Lipinski definition) is 2. The van der Waals surface area contributed by atoms with E-state index >= 15 is 0 Å². The number of amides is 1. The van der Waals surface area contributed by atoms with Gasteiger partial charge in [0.2, 0.25) is 15.9 Å². The number of pyridine rings is 1. The van der Waals surface area contributed by atoms with Crippen molar-refractivity contribution < 1.29 is 26.4 Å². The second-order valence-corrected chi connectivity index (χ2v) is 7.59. The van der Waals surface area contributed by atoms with E-state index in [0.717, 1.165) is 23.8 Å². The van der Waals surface area contributed by atoms with E-state index in [4.69, 9.17) is 0 Å². The highest BCUT2D eigenvalue weighted by molar-refractivity contribution is 7.89. The van der Waals surface area contributed by atoms with Gasteiger partial charge in [-0.2, -0.15) is 17.9 Å². The minimum atomic E-state index is -4.67. The Morgan fingerprint density at radius 2 is 1.74 bits per heavy atom. The maximum absolute atomic E-state index is 12.8. The van der Waals surface area contributed by atoms with E-state index in [2.05, 4.69) is 15.0 Å². The monoisotopic (exact) mass is 401 g/mol. The molecule has 0 bridgehead atoms. The molecule has 2 aromatic rings. The molecule has 0 aliphatic carbocycles. The summed E-state index contributed by atoms with van der Waals surface area (Å²) >= 11 is 0. The van der Waals surface area contributed by atoms with Gasteiger partial charge in [0.1, 0.15) is 0 Å². The van der Waals surface area contributed by atoms with Crippen molar-refractivity contribution in [2.75, 3.05) is 0 Å². The minimum absolute atomic E-state index is 0.402. The van der Waals surface area contributed by atoms with Gasteiger partial charge in [-0.1, -0.05) is 6.07 Å². The van der Waals surface area contributed by atoms with E-state index in [1.165, 1.54) is 6.92 Å². The Labute approximate surface area is 154 Å². The fourth-order valence-electron chi connectivity index (χ4n) is 2.27. The number of carbonyl (C=O) groups excluding carboxylic acids is 1. The molecule has 0 spiro atoms. The SMILES string of the molecule is CC(NS(=O)(=O)c1cccc(C(F)(F)F)c1)C(=O)NC(C)c1ccncc1. The molecule has 10 heteroatoms. The van der Waals surface area contributed by atoms with Crippen LogP contribution in [-0.2, 0) is 21.0 Å². The minimum Gasteiger partial charge on any atom is -0.348 e. The van der Waals surface area contributed by atoms with Crippen molar-refractivity contribution in [2.24, 2.45) is 0 Å². The molecule has 0 aliphatic heterocycles. The number of alkyl halides is 3. The van der Waals surface area contributed by atoms with Crippen LogP contribution in [0.3, 0.4) is 0 Å². The molecule has 6 nitrogen and oxygen atoms in total. The first-order chi connectivity index (χ1) is 12.5. The smallest absolute Gasteiger partial charge is 0.348 e. The van der Waals surface area contributed by atoms with Gasteiger partial charge in [0.25, 0.3) is 0 Å². The van der Waals surface area contributed by atoms with Gasteiger partial charge in [-0.3, -0.25) is 9.78 Å². The summed E-state index contributed by atoms with van der Waals surface area (Å²) in [4.78, 5) is 15.5. The first kappa shape index (κ1) is 20.8. The summed E-state index contributed by atoms with van der Waals surface area (Å²) in [6.45, 7) is 3.01. The summed E-state index contributed by atoms with van der Waals surface area (Å²) in [6, 6.07) is 5.12. The fourth-order valence-corrected chi connectivity index (χ4v) is 3.52. The van der Waals surface area contributed by atoms with Gasteiger partial charge in [0.05, 0.1) is 22.5 Å². The highest BCUT2D eigenvalue weighted by atomic mass is 32.2. The number of aromatic nitrogens is 1. The lowest BCUT2D eigenvalue weighted by Gasteiger charge is -2.19. The predicted octanol–water partition coefficient (Wildman–Crippen LogP) is 2.64. The van der Waals surface area contributed by atoms with E-state index in [-0.39, 0.29) is 0 Å². The lowest BCUT2D eigenvalue weighted by Crippen LogP contribution is -2.45. The van der Waals surface area contributed by atoms with Crippen molar-refractivity contribution >= 4 is 15.9 Å². The third kappa shape index (κ3) is 5.51. The molecular weight excluding hydrogens is 383 g/mol. The second kappa shape index (κ2) is 8.05. The third-order valence-electron chi connectivity index (χ3n) is 3.76. The van der Waals surface area contributed by atoms with Gasteiger partial charge in [0.15, 0.2) is 0 Å². The van der Waals surface area contributed by atoms with Crippen molar-refractivity contribution in [3.05, 3.63) is 59.9 Å². The number of nitrogens with one attached hydrogen (secondary N) is 2. The highest BCUT2D eigenvalue weighted by Gasteiger charge is 2.32. The predicted molar refractivity (Wildman–Crippen MR) is 92.0 cm³/mol. The molecule has 0 fully saturated rings. The molecule has 146 valence electrons. The quantitative estimate of drug-likeness (QED) is 0.779. The third-order valence-corrected chi connectivity index (χ3v) is 5.30. The highest BCUT2D eigenvalue weighted by Crippen LogP contribution is 2.30. The van der Waals surface area contributed by atoms with Crippen LogP contribution in [0.4, 0.5) is 13.2 Å². The van der Waals surface area contributed by atoms with Gasteiger partial charge in [-0.15, -0.1) is 0 Å². The Morgan fingerprint density at radius 3 is 2.33 bits per heavy atom. The van der Waals surface area contributed by atoms with Crippen molar-refractivity contribution in [1.82, 2.24) is 15.0 Å². The largest absolute Gasteiger partial charge is 0.416 e. The average Bonchev–Trinajstić information content (AvgIpc) is 2.61. The van der Waals surface area contributed by atoms with Crippen molar-refractivity contribution in [1.29, 1.82) is 0 Å². The molecule has 1 aromatic heterocycles. The summed E-state index contributed by atoms with van der Waals surface area (Å²) < 4.78 is 65.0. The molecule has 1 amide bonds. The number of benzene rings is 1. The molecule has 1 heterocycles. The van der Waals surface area contributed by atoms with Gasteiger partial charge < -0.3 is 5.32 Å². The lowest BCUT2D eigenvalue weighted by molar-refractivity contribution is -0.137. The lowest BCUT2D eigenvalue weighted by atomic mass is 10.1. The Morgan fingerprint density at radius 1 is 1.11 bits per heavy atom. The number of rotatable bonds is 6. The summed E-state index contributed by atoms with van der Waals surface area (Å²) in [5.41, 5.74) is -0.319. The molecular formula is C17H18F3N3O3S. The maximum atomic E-state index is 12.8. The Kier molecular flexibility index (Phi) is 6.22. The zero-order valence-electron chi connectivity index (χ0n) is 14.5. The number of carbonyl (C=O) groups is 1. The van der Waals surface area contributed by atoms with E-state index in [1.807, 2.05) is 0 Å². The van der Waals surface area contributed by atoms with Crippen LogP contribution in [0.5, 0.6) is 0 Å². The fraction of sp³-hybridized carbons (Fsp3) is 0.294. The van der Waals surface area contributed by atoms with Crippen LogP contribution in [0.25, 0.3) is 0 Å². The molecule has 27 heavy (non-hydrogen) atoms. The molecule has 0 radical (unpaired) electrons. The molecule has 2 atom stereocenters. The van der Waals surface area contributed by atoms with Gasteiger partial charge in [-0.05, 0) is 49.7 Å².